The van der Waals surface area contributed by atoms with Crippen LogP contribution in [0.5, 0.6) is 0 Å². The summed E-state index contributed by atoms with van der Waals surface area (Å²) < 4.78 is 0. The Morgan fingerprint density at radius 3 is 2.75 bits per heavy atom. The highest BCUT2D eigenvalue weighted by atomic mass is 32.1. The predicted molar refractivity (Wildman–Crippen MR) is 62.6 cm³/mol. The second kappa shape index (κ2) is 4.93. The Labute approximate surface area is 98.7 Å². The van der Waals surface area contributed by atoms with Gasteiger partial charge in [0.2, 0.25) is 0 Å². The fraction of sp³-hybridized carbons (Fsp3) is 0.636. The summed E-state index contributed by atoms with van der Waals surface area (Å²) >= 11 is 1.48. The van der Waals surface area contributed by atoms with Crippen LogP contribution in [-0.4, -0.2) is 28.1 Å². The smallest absolute Gasteiger partial charge is 0.270 e. The Bertz CT molecular complexity index is 370. The molecule has 2 rings (SSSR count). The number of carbonyl (C=O) groups excluding carboxylic acids is 1. The number of nitrogens with one attached hydrogen (secondary N) is 1. The van der Waals surface area contributed by atoms with Crippen LogP contribution in [0.4, 0.5) is 0 Å². The third kappa shape index (κ3) is 2.80. The van der Waals surface area contributed by atoms with E-state index in [1.807, 2.05) is 6.92 Å². The van der Waals surface area contributed by atoms with Crippen LogP contribution in [-0.2, 0) is 0 Å². The normalized spacial score (nSPS) is 25.4. The Hall–Kier alpha value is -0.940. The summed E-state index contributed by atoms with van der Waals surface area (Å²) in [6.07, 6.45) is 3.09. The van der Waals surface area contributed by atoms with Crippen molar-refractivity contribution in [3.05, 3.63) is 16.1 Å². The van der Waals surface area contributed by atoms with E-state index in [0.29, 0.717) is 5.69 Å². The maximum absolute atomic E-state index is 11.8. The van der Waals surface area contributed by atoms with Gasteiger partial charge in [0.25, 0.3) is 5.91 Å². The van der Waals surface area contributed by atoms with Gasteiger partial charge in [0.1, 0.15) is 5.69 Å². The predicted octanol–water partition coefficient (Wildman–Crippen LogP) is 1.48. The van der Waals surface area contributed by atoms with Crippen LogP contribution in [0.3, 0.4) is 0 Å². The van der Waals surface area contributed by atoms with Crippen LogP contribution in [0, 0.1) is 6.92 Å². The number of aliphatic hydroxyl groups excluding tert-OH is 1. The number of carbonyl (C=O) groups is 1. The molecule has 0 radical (unpaired) electrons. The van der Waals surface area contributed by atoms with Crippen molar-refractivity contribution in [2.45, 2.75) is 44.8 Å². The van der Waals surface area contributed by atoms with Gasteiger partial charge in [-0.15, -0.1) is 11.3 Å². The van der Waals surface area contributed by atoms with E-state index in [0.717, 1.165) is 30.7 Å². The van der Waals surface area contributed by atoms with Crippen LogP contribution in [0.25, 0.3) is 0 Å². The van der Waals surface area contributed by atoms with Crippen molar-refractivity contribution in [3.8, 4) is 0 Å². The highest BCUT2D eigenvalue weighted by Crippen LogP contribution is 2.18. The Morgan fingerprint density at radius 1 is 1.50 bits per heavy atom. The zero-order valence-corrected chi connectivity index (χ0v) is 10.1. The van der Waals surface area contributed by atoms with Gasteiger partial charge in [-0.1, -0.05) is 0 Å². The largest absolute Gasteiger partial charge is 0.393 e. The van der Waals surface area contributed by atoms with Crippen LogP contribution < -0.4 is 5.32 Å². The Kier molecular flexibility index (Phi) is 3.56. The van der Waals surface area contributed by atoms with E-state index in [9.17, 15) is 9.90 Å². The second-order valence-corrected chi connectivity index (χ2v) is 5.29. The van der Waals surface area contributed by atoms with E-state index in [1.54, 1.807) is 5.38 Å². The van der Waals surface area contributed by atoms with Gasteiger partial charge in [0.05, 0.1) is 11.1 Å². The molecule has 0 aliphatic heterocycles. The molecule has 1 heterocycles. The first-order valence-corrected chi connectivity index (χ1v) is 6.44. The van der Waals surface area contributed by atoms with Crippen molar-refractivity contribution in [2.24, 2.45) is 0 Å². The topological polar surface area (TPSA) is 62.2 Å². The molecule has 0 spiro atoms. The lowest BCUT2D eigenvalue weighted by molar-refractivity contribution is 0.0863. The number of rotatable bonds is 2. The van der Waals surface area contributed by atoms with Crippen molar-refractivity contribution in [1.29, 1.82) is 0 Å². The van der Waals surface area contributed by atoms with Gasteiger partial charge < -0.3 is 10.4 Å². The van der Waals surface area contributed by atoms with Crippen LogP contribution in [0.1, 0.15) is 41.2 Å². The van der Waals surface area contributed by atoms with Gasteiger partial charge in [-0.05, 0) is 32.6 Å². The summed E-state index contributed by atoms with van der Waals surface area (Å²) in [5.74, 6) is -0.0919. The van der Waals surface area contributed by atoms with Crippen molar-refractivity contribution < 1.29 is 9.90 Å². The molecule has 1 amide bonds. The van der Waals surface area contributed by atoms with E-state index in [2.05, 4.69) is 10.3 Å². The molecule has 16 heavy (non-hydrogen) atoms. The molecule has 0 atom stereocenters. The average Bonchev–Trinajstić information content (AvgIpc) is 2.68. The highest BCUT2D eigenvalue weighted by Gasteiger charge is 2.21. The van der Waals surface area contributed by atoms with Crippen LogP contribution >= 0.6 is 11.3 Å². The fourth-order valence-corrected chi connectivity index (χ4v) is 2.54. The SMILES string of the molecule is Cc1nc(C(=O)NC2CCC(O)CC2)cs1. The molecular formula is C11H16N2O2S. The number of thiazole rings is 1. The summed E-state index contributed by atoms with van der Waals surface area (Å²) in [5.41, 5.74) is 0.508. The number of hydrogen-bond acceptors (Lipinski definition) is 4. The van der Waals surface area contributed by atoms with E-state index >= 15 is 0 Å². The molecule has 0 saturated heterocycles. The standard InChI is InChI=1S/C11H16N2O2S/c1-7-12-10(6-16-7)11(15)13-8-2-4-9(14)5-3-8/h6,8-9,14H,2-5H2,1H3,(H,13,15). The summed E-state index contributed by atoms with van der Waals surface area (Å²) in [7, 11) is 0. The van der Waals surface area contributed by atoms with Crippen molar-refractivity contribution >= 4 is 17.2 Å². The van der Waals surface area contributed by atoms with E-state index in [4.69, 9.17) is 0 Å². The molecule has 0 aromatic carbocycles. The lowest BCUT2D eigenvalue weighted by Gasteiger charge is -2.25. The van der Waals surface area contributed by atoms with Crippen molar-refractivity contribution in [2.75, 3.05) is 0 Å². The molecule has 88 valence electrons. The molecule has 1 fully saturated rings. The first-order valence-electron chi connectivity index (χ1n) is 5.56. The number of aliphatic hydroxyl groups is 1. The molecule has 2 N–H and O–H groups in total. The molecule has 1 saturated carbocycles. The van der Waals surface area contributed by atoms with Crippen LogP contribution in [0.2, 0.25) is 0 Å². The summed E-state index contributed by atoms with van der Waals surface area (Å²) in [6.45, 7) is 1.89. The van der Waals surface area contributed by atoms with Gasteiger partial charge in [-0.3, -0.25) is 4.79 Å². The van der Waals surface area contributed by atoms with Gasteiger partial charge in [0, 0.05) is 11.4 Å². The Balaban J connectivity index is 1.88. The van der Waals surface area contributed by atoms with Crippen molar-refractivity contribution in [1.82, 2.24) is 10.3 Å². The number of nitrogens with zero attached hydrogens (tertiary/aromatic N) is 1. The molecule has 4 nitrogen and oxygen atoms in total. The maximum Gasteiger partial charge on any atom is 0.270 e. The first kappa shape index (κ1) is 11.5. The third-order valence-corrected chi connectivity index (χ3v) is 3.66. The highest BCUT2D eigenvalue weighted by molar-refractivity contribution is 7.09. The van der Waals surface area contributed by atoms with Gasteiger partial charge in [0.15, 0.2) is 0 Å². The molecule has 0 bridgehead atoms. The van der Waals surface area contributed by atoms with Crippen LogP contribution in [0.15, 0.2) is 5.38 Å². The Morgan fingerprint density at radius 2 is 2.19 bits per heavy atom. The lowest BCUT2D eigenvalue weighted by Crippen LogP contribution is -2.38. The lowest BCUT2D eigenvalue weighted by atomic mass is 9.93. The summed E-state index contributed by atoms with van der Waals surface area (Å²) in [6, 6.07) is 0.193. The van der Waals surface area contributed by atoms with E-state index < -0.39 is 0 Å². The number of hydrogen-bond donors (Lipinski definition) is 2. The van der Waals surface area contributed by atoms with Gasteiger partial charge in [-0.25, -0.2) is 4.98 Å². The molecule has 1 aliphatic rings. The average molecular weight is 240 g/mol. The van der Waals surface area contributed by atoms with Gasteiger partial charge in [-0.2, -0.15) is 0 Å². The maximum atomic E-state index is 11.8. The minimum Gasteiger partial charge on any atom is -0.393 e. The minimum absolute atomic E-state index is 0.0919. The first-order chi connectivity index (χ1) is 7.65. The van der Waals surface area contributed by atoms with Crippen molar-refractivity contribution in [3.63, 3.8) is 0 Å². The molecule has 0 unspecified atom stereocenters. The molecule has 1 aliphatic carbocycles. The summed E-state index contributed by atoms with van der Waals surface area (Å²) in [4.78, 5) is 15.9. The zero-order valence-electron chi connectivity index (χ0n) is 9.27. The monoisotopic (exact) mass is 240 g/mol. The second-order valence-electron chi connectivity index (χ2n) is 4.23. The van der Waals surface area contributed by atoms with Gasteiger partial charge >= 0.3 is 0 Å². The number of aryl methyl sites for hydroxylation is 1. The zero-order chi connectivity index (χ0) is 11.5. The quantitative estimate of drug-likeness (QED) is 0.823. The third-order valence-electron chi connectivity index (χ3n) is 2.88. The molecular weight excluding hydrogens is 224 g/mol. The summed E-state index contributed by atoms with van der Waals surface area (Å²) in [5, 5.41) is 15.0. The fourth-order valence-electron chi connectivity index (χ4n) is 1.95. The molecule has 1 aromatic rings. The van der Waals surface area contributed by atoms with E-state index in [1.165, 1.54) is 11.3 Å². The number of aromatic nitrogens is 1. The minimum atomic E-state index is -0.185. The molecule has 1 aromatic heterocycles. The number of amides is 1. The van der Waals surface area contributed by atoms with E-state index in [-0.39, 0.29) is 18.1 Å². The molecule has 5 heteroatoms.